The number of sulfone groups is 1. The molecule has 0 aliphatic rings. The van der Waals surface area contributed by atoms with Crippen LogP contribution in [0.4, 0.5) is 0 Å². The summed E-state index contributed by atoms with van der Waals surface area (Å²) in [6.07, 6.45) is 0.0795. The lowest BCUT2D eigenvalue weighted by atomic mass is 10.6. The standard InChI is InChI=1S/C5H10O3S/c1-3-5(6)9(7,8)4-2/h3-4H2,1-2H3. The van der Waals surface area contributed by atoms with Gasteiger partial charge in [-0.15, -0.1) is 0 Å². The summed E-state index contributed by atoms with van der Waals surface area (Å²) in [6.45, 7) is 3.00. The van der Waals surface area contributed by atoms with Crippen molar-refractivity contribution in [3.05, 3.63) is 0 Å². The Bertz CT molecular complexity index is 190. The SMILES string of the molecule is CCC(=O)S(=O)(=O)CC. The normalized spacial score (nSPS) is 11.3. The van der Waals surface area contributed by atoms with Gasteiger partial charge in [-0.2, -0.15) is 0 Å². The summed E-state index contributed by atoms with van der Waals surface area (Å²) in [4.78, 5) is 10.5. The molecular formula is C5H10O3S. The molecule has 0 saturated carbocycles. The molecule has 0 spiro atoms. The van der Waals surface area contributed by atoms with E-state index in [1.54, 1.807) is 0 Å². The summed E-state index contributed by atoms with van der Waals surface area (Å²) in [5, 5.41) is -0.662. The third-order valence-corrected chi connectivity index (χ3v) is 2.76. The van der Waals surface area contributed by atoms with Gasteiger partial charge in [0.25, 0.3) is 0 Å². The minimum Gasteiger partial charge on any atom is -0.282 e. The molecule has 0 aliphatic heterocycles. The summed E-state index contributed by atoms with van der Waals surface area (Å²) < 4.78 is 21.2. The van der Waals surface area contributed by atoms with E-state index in [1.807, 2.05) is 0 Å². The van der Waals surface area contributed by atoms with Gasteiger partial charge in [0.05, 0.1) is 5.75 Å². The molecule has 0 aromatic carbocycles. The molecule has 9 heavy (non-hydrogen) atoms. The van der Waals surface area contributed by atoms with Crippen LogP contribution in [0, 0.1) is 0 Å². The van der Waals surface area contributed by atoms with Crippen molar-refractivity contribution < 1.29 is 13.2 Å². The summed E-state index contributed by atoms with van der Waals surface area (Å²) in [6, 6.07) is 0. The second kappa shape index (κ2) is 2.96. The Morgan fingerprint density at radius 2 is 1.78 bits per heavy atom. The topological polar surface area (TPSA) is 51.2 Å². The molecule has 0 amide bonds. The van der Waals surface area contributed by atoms with Crippen LogP contribution >= 0.6 is 0 Å². The smallest absolute Gasteiger partial charge is 0.246 e. The van der Waals surface area contributed by atoms with Crippen molar-refractivity contribution in [1.29, 1.82) is 0 Å². The van der Waals surface area contributed by atoms with Gasteiger partial charge in [-0.25, -0.2) is 8.42 Å². The van der Waals surface area contributed by atoms with Crippen LogP contribution in [0.1, 0.15) is 20.3 Å². The Morgan fingerprint density at radius 1 is 1.33 bits per heavy atom. The number of hydrogen-bond donors (Lipinski definition) is 0. The third kappa shape index (κ3) is 2.13. The van der Waals surface area contributed by atoms with Crippen LogP contribution < -0.4 is 0 Å². The Morgan fingerprint density at radius 3 is 1.89 bits per heavy atom. The maximum Gasteiger partial charge on any atom is 0.246 e. The van der Waals surface area contributed by atoms with Gasteiger partial charge in [0, 0.05) is 6.42 Å². The molecule has 0 atom stereocenters. The summed E-state index contributed by atoms with van der Waals surface area (Å²) in [5.41, 5.74) is 0. The summed E-state index contributed by atoms with van der Waals surface area (Å²) in [5.74, 6) is -0.0837. The lowest BCUT2D eigenvalue weighted by molar-refractivity contribution is -0.111. The highest BCUT2D eigenvalue weighted by atomic mass is 32.2. The molecule has 0 aromatic rings. The molecule has 0 fully saturated rings. The highest BCUT2D eigenvalue weighted by Crippen LogP contribution is 1.94. The lowest BCUT2D eigenvalue weighted by Crippen LogP contribution is -2.14. The number of hydrogen-bond acceptors (Lipinski definition) is 3. The van der Waals surface area contributed by atoms with Crippen molar-refractivity contribution in [2.75, 3.05) is 5.75 Å². The van der Waals surface area contributed by atoms with Crippen molar-refractivity contribution in [1.82, 2.24) is 0 Å². The Hall–Kier alpha value is -0.380. The van der Waals surface area contributed by atoms with E-state index in [-0.39, 0.29) is 12.2 Å². The molecular weight excluding hydrogens is 140 g/mol. The minimum atomic E-state index is -3.39. The van der Waals surface area contributed by atoms with E-state index in [9.17, 15) is 13.2 Å². The number of rotatable bonds is 2. The second-order valence-electron chi connectivity index (χ2n) is 1.63. The molecule has 0 heterocycles. The van der Waals surface area contributed by atoms with E-state index < -0.39 is 15.0 Å². The van der Waals surface area contributed by atoms with Crippen molar-refractivity contribution >= 4 is 15.0 Å². The third-order valence-electron chi connectivity index (χ3n) is 1.02. The van der Waals surface area contributed by atoms with Crippen molar-refractivity contribution in [2.24, 2.45) is 0 Å². The zero-order valence-electron chi connectivity index (χ0n) is 5.55. The van der Waals surface area contributed by atoms with E-state index in [2.05, 4.69) is 0 Å². The molecule has 4 heteroatoms. The fourth-order valence-corrected chi connectivity index (χ4v) is 1.14. The van der Waals surface area contributed by atoms with Crippen molar-refractivity contribution in [2.45, 2.75) is 20.3 Å². The predicted octanol–water partition coefficient (Wildman–Crippen LogP) is 0.358. The number of carbonyl (C=O) groups is 1. The van der Waals surface area contributed by atoms with E-state index in [0.717, 1.165) is 0 Å². The molecule has 54 valence electrons. The minimum absolute atomic E-state index is 0.0795. The van der Waals surface area contributed by atoms with Gasteiger partial charge < -0.3 is 0 Å². The molecule has 0 bridgehead atoms. The van der Waals surface area contributed by atoms with E-state index in [4.69, 9.17) is 0 Å². The molecule has 0 aromatic heterocycles. The first-order chi connectivity index (χ1) is 4.04. The molecule has 0 unspecified atom stereocenters. The fraction of sp³-hybridized carbons (Fsp3) is 0.800. The fourth-order valence-electron chi connectivity index (χ4n) is 0.381. The van der Waals surface area contributed by atoms with Crippen LogP contribution in [0.3, 0.4) is 0 Å². The van der Waals surface area contributed by atoms with Crippen molar-refractivity contribution in [3.63, 3.8) is 0 Å². The lowest BCUT2D eigenvalue weighted by Gasteiger charge is -1.93. The Kier molecular flexibility index (Phi) is 2.84. The van der Waals surface area contributed by atoms with Crippen LogP contribution in [-0.4, -0.2) is 19.3 Å². The van der Waals surface area contributed by atoms with Crippen molar-refractivity contribution in [3.8, 4) is 0 Å². The highest BCUT2D eigenvalue weighted by Gasteiger charge is 2.15. The van der Waals surface area contributed by atoms with Gasteiger partial charge in [-0.05, 0) is 0 Å². The quantitative estimate of drug-likeness (QED) is 0.571. The Labute approximate surface area is 55.0 Å². The first-order valence-corrected chi connectivity index (χ1v) is 4.45. The molecule has 0 N–H and O–H groups in total. The highest BCUT2D eigenvalue weighted by molar-refractivity contribution is 8.06. The van der Waals surface area contributed by atoms with Gasteiger partial charge in [-0.3, -0.25) is 4.79 Å². The summed E-state index contributed by atoms with van der Waals surface area (Å²) >= 11 is 0. The molecule has 0 aliphatic carbocycles. The molecule has 0 saturated heterocycles. The second-order valence-corrected chi connectivity index (χ2v) is 3.89. The molecule has 0 radical (unpaired) electrons. The van der Waals surface area contributed by atoms with Crippen LogP contribution in [-0.2, 0) is 14.6 Å². The van der Waals surface area contributed by atoms with Crippen LogP contribution in [0.25, 0.3) is 0 Å². The maximum absolute atomic E-state index is 10.6. The zero-order chi connectivity index (χ0) is 7.49. The van der Waals surface area contributed by atoms with Gasteiger partial charge in [0.1, 0.15) is 0 Å². The average molecular weight is 150 g/mol. The molecule has 0 rings (SSSR count). The van der Waals surface area contributed by atoms with E-state index >= 15 is 0 Å². The zero-order valence-corrected chi connectivity index (χ0v) is 6.36. The first-order valence-electron chi connectivity index (χ1n) is 2.80. The average Bonchev–Trinajstić information content (AvgIpc) is 1.86. The van der Waals surface area contributed by atoms with Crippen LogP contribution in [0.15, 0.2) is 0 Å². The number of carbonyl (C=O) groups excluding carboxylic acids is 1. The maximum atomic E-state index is 10.6. The van der Waals surface area contributed by atoms with Gasteiger partial charge >= 0.3 is 0 Å². The van der Waals surface area contributed by atoms with Gasteiger partial charge in [-0.1, -0.05) is 13.8 Å². The van der Waals surface area contributed by atoms with Crippen LogP contribution in [0.5, 0.6) is 0 Å². The van der Waals surface area contributed by atoms with Gasteiger partial charge in [0.2, 0.25) is 15.0 Å². The van der Waals surface area contributed by atoms with Crippen LogP contribution in [0.2, 0.25) is 0 Å². The molecule has 3 nitrogen and oxygen atoms in total. The van der Waals surface area contributed by atoms with E-state index in [0.29, 0.717) is 0 Å². The predicted molar refractivity (Wildman–Crippen MR) is 34.8 cm³/mol. The first kappa shape index (κ1) is 8.62. The monoisotopic (exact) mass is 150 g/mol. The van der Waals surface area contributed by atoms with Gasteiger partial charge in [0.15, 0.2) is 0 Å². The largest absolute Gasteiger partial charge is 0.282 e. The van der Waals surface area contributed by atoms with E-state index in [1.165, 1.54) is 13.8 Å². The Balaban J connectivity index is 4.37. The summed E-state index contributed by atoms with van der Waals surface area (Å²) in [7, 11) is -3.39.